The summed E-state index contributed by atoms with van der Waals surface area (Å²) in [4.78, 5) is 6.28. The van der Waals surface area contributed by atoms with Gasteiger partial charge >= 0.3 is 0 Å². The molecule has 2 aromatic carbocycles. The van der Waals surface area contributed by atoms with Gasteiger partial charge in [-0.1, -0.05) is 24.3 Å². The number of hydrogen-bond acceptors (Lipinski definition) is 2. The van der Waals surface area contributed by atoms with Crippen molar-refractivity contribution in [3.8, 4) is 5.69 Å². The Kier molecular flexibility index (Phi) is 4.95. The zero-order chi connectivity index (χ0) is 21.4. The van der Waals surface area contributed by atoms with Crippen molar-refractivity contribution >= 4 is 23.0 Å². The normalized spacial score (nSPS) is 18.3. The number of para-hydroxylation sites is 1. The van der Waals surface area contributed by atoms with Crippen LogP contribution >= 0.6 is 12.2 Å². The molecule has 0 unspecified atom stereocenters. The van der Waals surface area contributed by atoms with Crippen LogP contribution in [0, 0.1) is 11.6 Å². The van der Waals surface area contributed by atoms with Gasteiger partial charge in [-0.3, -0.25) is 4.98 Å². The highest BCUT2D eigenvalue weighted by Crippen LogP contribution is 2.42. The van der Waals surface area contributed by atoms with E-state index in [4.69, 9.17) is 12.2 Å². The van der Waals surface area contributed by atoms with Gasteiger partial charge in [-0.05, 0) is 66.8 Å². The van der Waals surface area contributed by atoms with Crippen molar-refractivity contribution in [3.63, 3.8) is 0 Å². The Bertz CT molecular complexity index is 1240. The van der Waals surface area contributed by atoms with Crippen LogP contribution in [-0.4, -0.2) is 14.7 Å². The lowest BCUT2D eigenvalue weighted by molar-refractivity contribution is 0.541. The predicted octanol–water partition coefficient (Wildman–Crippen LogP) is 5.33. The van der Waals surface area contributed by atoms with Crippen LogP contribution in [-0.2, 0) is 0 Å². The highest BCUT2D eigenvalue weighted by atomic mass is 32.1. The lowest BCUT2D eigenvalue weighted by Gasteiger charge is -2.29. The van der Waals surface area contributed by atoms with Crippen molar-refractivity contribution in [2.75, 3.05) is 4.90 Å². The van der Waals surface area contributed by atoms with Crippen molar-refractivity contribution in [2.45, 2.75) is 12.1 Å². The molecular formula is C24H18F2N4S. The van der Waals surface area contributed by atoms with Crippen LogP contribution < -0.4 is 10.2 Å². The van der Waals surface area contributed by atoms with Crippen LogP contribution in [0.15, 0.2) is 91.3 Å². The highest BCUT2D eigenvalue weighted by Gasteiger charge is 2.42. The molecule has 0 amide bonds. The molecule has 0 spiro atoms. The second kappa shape index (κ2) is 7.92. The third-order valence-electron chi connectivity index (χ3n) is 5.38. The number of aromatic nitrogens is 2. The SMILES string of the molecule is Fc1cccc(-n2cccc2[C@H]2[C@@H](c3ccccn3)NC(=S)N2c2ccccc2F)c1. The summed E-state index contributed by atoms with van der Waals surface area (Å²) in [5, 5.41) is 3.72. The van der Waals surface area contributed by atoms with E-state index in [1.54, 1.807) is 35.4 Å². The Balaban J connectivity index is 1.69. The molecule has 31 heavy (non-hydrogen) atoms. The first kappa shape index (κ1) is 19.4. The van der Waals surface area contributed by atoms with Gasteiger partial charge in [-0.15, -0.1) is 0 Å². The van der Waals surface area contributed by atoms with E-state index in [-0.39, 0.29) is 17.7 Å². The molecule has 1 aliphatic heterocycles. The third-order valence-corrected chi connectivity index (χ3v) is 5.69. The van der Waals surface area contributed by atoms with Crippen molar-refractivity contribution in [1.82, 2.24) is 14.9 Å². The number of thiocarbonyl (C=S) groups is 1. The van der Waals surface area contributed by atoms with Crippen LogP contribution in [0.4, 0.5) is 14.5 Å². The van der Waals surface area contributed by atoms with Gasteiger partial charge in [0.25, 0.3) is 0 Å². The van der Waals surface area contributed by atoms with Crippen molar-refractivity contribution < 1.29 is 8.78 Å². The minimum atomic E-state index is -0.405. The number of pyridine rings is 1. The molecule has 1 fully saturated rings. The fourth-order valence-electron chi connectivity index (χ4n) is 4.06. The van der Waals surface area contributed by atoms with Gasteiger partial charge in [0.15, 0.2) is 5.11 Å². The maximum absolute atomic E-state index is 14.8. The highest BCUT2D eigenvalue weighted by molar-refractivity contribution is 7.80. The molecule has 2 atom stereocenters. The average molecular weight is 432 g/mol. The molecule has 1 aliphatic rings. The molecular weight excluding hydrogens is 414 g/mol. The Hall–Kier alpha value is -3.58. The zero-order valence-corrected chi connectivity index (χ0v) is 17.1. The number of benzene rings is 2. The van der Waals surface area contributed by atoms with Gasteiger partial charge in [0.05, 0.1) is 17.4 Å². The Morgan fingerprint density at radius 1 is 0.903 bits per heavy atom. The smallest absolute Gasteiger partial charge is 0.174 e. The summed E-state index contributed by atoms with van der Waals surface area (Å²) < 4.78 is 30.7. The summed E-state index contributed by atoms with van der Waals surface area (Å²) in [5.74, 6) is -0.702. The lowest BCUT2D eigenvalue weighted by Crippen LogP contribution is -2.31. The number of nitrogens with zero attached hydrogens (tertiary/aromatic N) is 3. The number of nitrogens with one attached hydrogen (secondary N) is 1. The minimum absolute atomic E-state index is 0.324. The zero-order valence-electron chi connectivity index (χ0n) is 16.3. The largest absolute Gasteiger partial charge is 0.351 e. The van der Waals surface area contributed by atoms with Gasteiger partial charge in [-0.2, -0.15) is 0 Å². The first-order valence-electron chi connectivity index (χ1n) is 9.82. The maximum Gasteiger partial charge on any atom is 0.174 e. The van der Waals surface area contributed by atoms with Gasteiger partial charge in [0, 0.05) is 23.8 Å². The summed E-state index contributed by atoms with van der Waals surface area (Å²) >= 11 is 5.64. The lowest BCUT2D eigenvalue weighted by atomic mass is 10.0. The molecule has 7 heteroatoms. The van der Waals surface area contributed by atoms with Crippen LogP contribution in [0.5, 0.6) is 0 Å². The van der Waals surface area contributed by atoms with E-state index in [1.807, 2.05) is 47.2 Å². The standard InChI is InChI=1S/C24H18F2N4S/c25-16-7-5-8-17(15-16)29-14-6-12-21(29)23-22(19-10-3-4-13-27-19)28-24(31)30(23)20-11-2-1-9-18(20)26/h1-15,22-23H,(H,28,31)/t22-,23+/m1/s1. The van der Waals surface area contributed by atoms with E-state index in [0.717, 1.165) is 11.4 Å². The van der Waals surface area contributed by atoms with E-state index in [9.17, 15) is 8.78 Å². The van der Waals surface area contributed by atoms with Crippen LogP contribution in [0.2, 0.25) is 0 Å². The molecule has 2 aromatic heterocycles. The molecule has 0 bridgehead atoms. The summed E-state index contributed by atoms with van der Waals surface area (Å²) in [7, 11) is 0. The van der Waals surface area contributed by atoms with Gasteiger partial charge < -0.3 is 14.8 Å². The summed E-state index contributed by atoms with van der Waals surface area (Å²) in [5.41, 5.74) is 2.65. The van der Waals surface area contributed by atoms with Gasteiger partial charge in [0.1, 0.15) is 17.7 Å². The van der Waals surface area contributed by atoms with E-state index in [2.05, 4.69) is 10.3 Å². The first-order chi connectivity index (χ1) is 15.1. The second-order valence-corrected chi connectivity index (χ2v) is 7.62. The van der Waals surface area contributed by atoms with E-state index in [1.165, 1.54) is 18.2 Å². The van der Waals surface area contributed by atoms with E-state index < -0.39 is 6.04 Å². The van der Waals surface area contributed by atoms with Crippen molar-refractivity contribution in [3.05, 3.63) is 114 Å². The Morgan fingerprint density at radius 3 is 2.52 bits per heavy atom. The second-order valence-electron chi connectivity index (χ2n) is 7.23. The summed E-state index contributed by atoms with van der Waals surface area (Å²) in [6.45, 7) is 0. The molecule has 4 nitrogen and oxygen atoms in total. The molecule has 4 aromatic rings. The number of hydrogen-bond donors (Lipinski definition) is 1. The van der Waals surface area contributed by atoms with Crippen LogP contribution in [0.3, 0.4) is 0 Å². The summed E-state index contributed by atoms with van der Waals surface area (Å²) in [6.07, 6.45) is 3.58. The van der Waals surface area contributed by atoms with Crippen LogP contribution in [0.1, 0.15) is 23.5 Å². The molecule has 0 saturated carbocycles. The molecule has 1 saturated heterocycles. The number of anilines is 1. The maximum atomic E-state index is 14.8. The van der Waals surface area contributed by atoms with E-state index >= 15 is 0 Å². The number of rotatable bonds is 4. The third kappa shape index (κ3) is 3.47. The predicted molar refractivity (Wildman–Crippen MR) is 120 cm³/mol. The molecule has 5 rings (SSSR count). The van der Waals surface area contributed by atoms with Crippen molar-refractivity contribution in [1.29, 1.82) is 0 Å². The van der Waals surface area contributed by atoms with Gasteiger partial charge in [0.2, 0.25) is 0 Å². The minimum Gasteiger partial charge on any atom is -0.351 e. The molecule has 0 radical (unpaired) electrons. The quantitative estimate of drug-likeness (QED) is 0.442. The van der Waals surface area contributed by atoms with E-state index in [0.29, 0.717) is 16.5 Å². The molecule has 0 aliphatic carbocycles. The Morgan fingerprint density at radius 2 is 1.74 bits per heavy atom. The van der Waals surface area contributed by atoms with Gasteiger partial charge in [-0.25, -0.2) is 8.78 Å². The van der Waals surface area contributed by atoms with Crippen molar-refractivity contribution in [2.24, 2.45) is 0 Å². The molecule has 154 valence electrons. The Labute approximate surface area is 183 Å². The van der Waals surface area contributed by atoms with Crippen LogP contribution in [0.25, 0.3) is 5.69 Å². The number of halogens is 2. The fourth-order valence-corrected chi connectivity index (χ4v) is 4.40. The topological polar surface area (TPSA) is 33.1 Å². The summed E-state index contributed by atoms with van der Waals surface area (Å²) in [6, 6.07) is 21.7. The monoisotopic (exact) mass is 432 g/mol. The molecule has 3 heterocycles. The molecule has 1 N–H and O–H groups in total. The average Bonchev–Trinajstić information content (AvgIpc) is 3.39. The fraction of sp³-hybridized carbons (Fsp3) is 0.0833. The first-order valence-corrected chi connectivity index (χ1v) is 10.2.